The second-order valence-corrected chi connectivity index (χ2v) is 8.00. The number of hydrogen-bond acceptors (Lipinski definition) is 2. The number of aromatic nitrogens is 2. The third kappa shape index (κ3) is 4.22. The molecule has 3 aromatic carbocycles. The molecule has 3 nitrogen and oxygen atoms in total. The van der Waals surface area contributed by atoms with Gasteiger partial charge in [0.2, 0.25) is 5.95 Å². The molecule has 0 amide bonds. The molecule has 0 saturated carbocycles. The molecular formula is C22H13Cl2F6N3. The number of hydrogen-bond donors (Lipinski definition) is 0. The van der Waals surface area contributed by atoms with E-state index in [0.29, 0.717) is 17.1 Å². The van der Waals surface area contributed by atoms with E-state index in [2.05, 4.69) is 4.98 Å². The standard InChI is InChI=1S/C22H13Cl2F6N3/c1-11-19(24)15(25)9-18(20(11)26)33(30)21-31-16-4-2-3-5-17(16)32(21)10-12-6-7-14(23)13(8-12)22(27,28)29/h2-9H,10H2,1H3. The summed E-state index contributed by atoms with van der Waals surface area (Å²) in [5, 5.41) is -1.13. The number of para-hydroxylation sites is 2. The van der Waals surface area contributed by atoms with Crippen molar-refractivity contribution in [3.05, 3.63) is 86.9 Å². The number of anilines is 2. The summed E-state index contributed by atoms with van der Waals surface area (Å²) in [4.78, 5) is 4.14. The quantitative estimate of drug-likeness (QED) is 0.160. The molecule has 0 radical (unpaired) electrons. The van der Waals surface area contributed by atoms with E-state index in [0.717, 1.165) is 12.1 Å². The first kappa shape index (κ1) is 23.3. The highest BCUT2D eigenvalue weighted by Gasteiger charge is 2.33. The summed E-state index contributed by atoms with van der Waals surface area (Å²) in [6, 6.07) is 10.2. The van der Waals surface area contributed by atoms with Gasteiger partial charge in [0.15, 0.2) is 5.82 Å². The molecule has 0 fully saturated rings. The maximum Gasteiger partial charge on any atom is 0.417 e. The summed E-state index contributed by atoms with van der Waals surface area (Å²) in [5.74, 6) is -2.60. The van der Waals surface area contributed by atoms with Gasteiger partial charge < -0.3 is 4.57 Å². The summed E-state index contributed by atoms with van der Waals surface area (Å²) >= 11 is 11.4. The van der Waals surface area contributed by atoms with Crippen LogP contribution in [0.25, 0.3) is 11.0 Å². The minimum atomic E-state index is -4.69. The van der Waals surface area contributed by atoms with Gasteiger partial charge in [-0.05, 0) is 36.8 Å². The van der Waals surface area contributed by atoms with E-state index in [-0.39, 0.29) is 22.8 Å². The smallest absolute Gasteiger partial charge is 0.303 e. The van der Waals surface area contributed by atoms with Crippen LogP contribution in [0.2, 0.25) is 10.0 Å². The maximum absolute atomic E-state index is 15.5. The zero-order valence-electron chi connectivity index (χ0n) is 16.7. The van der Waals surface area contributed by atoms with Gasteiger partial charge in [0, 0.05) is 11.6 Å². The molecule has 0 aliphatic rings. The normalized spacial score (nSPS) is 11.9. The fourth-order valence-corrected chi connectivity index (χ4v) is 3.77. The van der Waals surface area contributed by atoms with Crippen LogP contribution in [0.15, 0.2) is 48.5 Å². The summed E-state index contributed by atoms with van der Waals surface area (Å²) < 4.78 is 85.4. The largest absolute Gasteiger partial charge is 0.417 e. The third-order valence-electron chi connectivity index (χ3n) is 5.05. The van der Waals surface area contributed by atoms with Crippen molar-refractivity contribution in [2.24, 2.45) is 0 Å². The highest BCUT2D eigenvalue weighted by Crippen LogP contribution is 2.38. The molecule has 0 N–H and O–H groups in total. The second kappa shape index (κ2) is 8.46. The van der Waals surface area contributed by atoms with Gasteiger partial charge in [0.1, 0.15) is 11.5 Å². The Balaban J connectivity index is 1.86. The molecule has 0 atom stereocenters. The predicted octanol–water partition coefficient (Wildman–Crippen LogP) is 8.02. The molecule has 0 bridgehead atoms. The zero-order chi connectivity index (χ0) is 24.1. The second-order valence-electron chi connectivity index (χ2n) is 7.21. The van der Waals surface area contributed by atoms with Crippen molar-refractivity contribution >= 4 is 45.9 Å². The first-order valence-corrected chi connectivity index (χ1v) is 10.2. The summed E-state index contributed by atoms with van der Waals surface area (Å²) in [6.45, 7) is 0.931. The van der Waals surface area contributed by atoms with E-state index in [4.69, 9.17) is 23.2 Å². The Morgan fingerprint density at radius 3 is 2.42 bits per heavy atom. The van der Waals surface area contributed by atoms with Crippen molar-refractivity contribution in [3.63, 3.8) is 0 Å². The summed E-state index contributed by atoms with van der Waals surface area (Å²) in [5.41, 5.74) is -1.32. The molecule has 4 aromatic rings. The van der Waals surface area contributed by atoms with Gasteiger partial charge >= 0.3 is 6.18 Å². The van der Waals surface area contributed by atoms with Crippen molar-refractivity contribution in [2.45, 2.75) is 19.6 Å². The average Bonchev–Trinajstić information content (AvgIpc) is 3.13. The van der Waals surface area contributed by atoms with Crippen LogP contribution in [-0.4, -0.2) is 9.55 Å². The number of nitrogens with zero attached hydrogens (tertiary/aromatic N) is 3. The van der Waals surface area contributed by atoms with E-state index in [9.17, 15) is 22.0 Å². The van der Waals surface area contributed by atoms with Crippen LogP contribution in [0.4, 0.5) is 38.1 Å². The molecule has 0 aliphatic carbocycles. The van der Waals surface area contributed by atoms with Crippen LogP contribution in [0.5, 0.6) is 0 Å². The van der Waals surface area contributed by atoms with Gasteiger partial charge in [0.25, 0.3) is 0 Å². The molecule has 33 heavy (non-hydrogen) atoms. The Bertz CT molecular complexity index is 1370. The number of fused-ring (bicyclic) bond motifs is 1. The molecule has 4 rings (SSSR count). The Hall–Kier alpha value is -2.91. The lowest BCUT2D eigenvalue weighted by atomic mass is 10.1. The van der Waals surface area contributed by atoms with Crippen molar-refractivity contribution < 1.29 is 26.4 Å². The molecule has 1 heterocycles. The van der Waals surface area contributed by atoms with Crippen molar-refractivity contribution in [3.8, 4) is 0 Å². The Kier molecular flexibility index (Phi) is 5.96. The monoisotopic (exact) mass is 503 g/mol. The highest BCUT2D eigenvalue weighted by molar-refractivity contribution is 6.31. The van der Waals surface area contributed by atoms with Gasteiger partial charge in [-0.25, -0.2) is 13.8 Å². The van der Waals surface area contributed by atoms with Gasteiger partial charge in [-0.2, -0.15) is 13.2 Å². The van der Waals surface area contributed by atoms with Gasteiger partial charge in [-0.15, -0.1) is 5.12 Å². The van der Waals surface area contributed by atoms with E-state index in [1.807, 2.05) is 0 Å². The topological polar surface area (TPSA) is 21.1 Å². The lowest BCUT2D eigenvalue weighted by molar-refractivity contribution is -0.137. The number of imidazole rings is 1. The maximum atomic E-state index is 15.5. The Morgan fingerprint density at radius 1 is 1.03 bits per heavy atom. The van der Waals surface area contributed by atoms with Crippen LogP contribution in [-0.2, 0) is 12.7 Å². The van der Waals surface area contributed by atoms with Gasteiger partial charge in [0.05, 0.1) is 33.2 Å². The fourth-order valence-electron chi connectivity index (χ4n) is 3.40. The SMILES string of the molecule is Cc1c(F)c(N(F)c2nc3ccccc3n2Cc2ccc(Cl)c(C(F)(F)F)c2)cc(F)c1Cl. The van der Waals surface area contributed by atoms with Crippen molar-refractivity contribution in [1.29, 1.82) is 0 Å². The Labute approximate surface area is 193 Å². The lowest BCUT2D eigenvalue weighted by Crippen LogP contribution is -2.15. The molecule has 0 spiro atoms. The number of rotatable bonds is 4. The average molecular weight is 504 g/mol. The van der Waals surface area contributed by atoms with E-state index in [1.165, 1.54) is 17.6 Å². The zero-order valence-corrected chi connectivity index (χ0v) is 18.2. The molecule has 0 aliphatic heterocycles. The van der Waals surface area contributed by atoms with Crippen LogP contribution in [0.1, 0.15) is 16.7 Å². The van der Waals surface area contributed by atoms with Crippen LogP contribution >= 0.6 is 23.2 Å². The molecule has 172 valence electrons. The number of alkyl halides is 3. The molecule has 1 aromatic heterocycles. The predicted molar refractivity (Wildman–Crippen MR) is 115 cm³/mol. The molecule has 11 heteroatoms. The lowest BCUT2D eigenvalue weighted by Gasteiger charge is -2.18. The van der Waals surface area contributed by atoms with E-state index >= 15 is 4.48 Å². The van der Waals surface area contributed by atoms with Crippen LogP contribution in [0.3, 0.4) is 0 Å². The van der Waals surface area contributed by atoms with E-state index in [1.54, 1.807) is 24.3 Å². The van der Waals surface area contributed by atoms with Crippen molar-refractivity contribution in [1.82, 2.24) is 9.55 Å². The number of benzene rings is 3. The van der Waals surface area contributed by atoms with Crippen LogP contribution in [0, 0.1) is 18.6 Å². The van der Waals surface area contributed by atoms with Crippen molar-refractivity contribution in [2.75, 3.05) is 5.12 Å². The third-order valence-corrected chi connectivity index (χ3v) is 5.85. The first-order chi connectivity index (χ1) is 15.5. The van der Waals surface area contributed by atoms with E-state index < -0.39 is 45.1 Å². The Morgan fingerprint density at radius 2 is 1.73 bits per heavy atom. The first-order valence-electron chi connectivity index (χ1n) is 9.40. The minimum absolute atomic E-state index is 0.142. The molecular weight excluding hydrogens is 491 g/mol. The summed E-state index contributed by atoms with van der Waals surface area (Å²) in [7, 11) is 0. The highest BCUT2D eigenvalue weighted by atomic mass is 35.5. The summed E-state index contributed by atoms with van der Waals surface area (Å²) in [6.07, 6.45) is -4.69. The molecule has 0 saturated heterocycles. The van der Waals surface area contributed by atoms with Gasteiger partial charge in [-0.1, -0.05) is 45.9 Å². The fraction of sp³-hybridized carbons (Fsp3) is 0.136. The van der Waals surface area contributed by atoms with Crippen LogP contribution < -0.4 is 5.12 Å². The minimum Gasteiger partial charge on any atom is -0.303 e. The number of halogens is 8. The van der Waals surface area contributed by atoms with Gasteiger partial charge in [-0.3, -0.25) is 0 Å². The molecule has 0 unspecified atom stereocenters.